The number of carbonyl (C=O) groups is 2. The highest BCUT2D eigenvalue weighted by molar-refractivity contribution is 5.78. The maximum absolute atomic E-state index is 12.6. The number of piperidine rings is 2. The van der Waals surface area contributed by atoms with Crippen LogP contribution in [0.25, 0.3) is 0 Å². The SMILES string of the molecule is O=C(CCn1cnnc1)N1CC[C@H]2[C@H](CCC(=O)N2CCc2ccccn2)C1. The zero-order chi connectivity index (χ0) is 19.3. The van der Waals surface area contributed by atoms with Crippen LogP contribution in [0.1, 0.15) is 31.4 Å². The van der Waals surface area contributed by atoms with E-state index in [0.717, 1.165) is 38.0 Å². The molecule has 4 heterocycles. The molecule has 2 fully saturated rings. The van der Waals surface area contributed by atoms with Gasteiger partial charge in [0, 0.05) is 63.4 Å². The maximum atomic E-state index is 12.6. The third-order valence-electron chi connectivity index (χ3n) is 5.88. The number of hydrogen-bond donors (Lipinski definition) is 0. The predicted octanol–water partition coefficient (Wildman–Crippen LogP) is 1.15. The van der Waals surface area contributed by atoms with Gasteiger partial charge in [0.05, 0.1) is 0 Å². The number of rotatable bonds is 6. The summed E-state index contributed by atoms with van der Waals surface area (Å²) in [5.74, 6) is 0.780. The molecule has 0 N–H and O–H groups in total. The average molecular weight is 382 g/mol. The molecule has 148 valence electrons. The second-order valence-corrected chi connectivity index (χ2v) is 7.60. The fraction of sp³-hybridized carbons (Fsp3) is 0.550. The molecule has 0 aliphatic carbocycles. The molecule has 4 rings (SSSR count). The van der Waals surface area contributed by atoms with Crippen molar-refractivity contribution in [3.63, 3.8) is 0 Å². The fourth-order valence-corrected chi connectivity index (χ4v) is 4.37. The molecular formula is C20H26N6O2. The fourth-order valence-electron chi connectivity index (χ4n) is 4.37. The van der Waals surface area contributed by atoms with E-state index in [4.69, 9.17) is 0 Å². The van der Waals surface area contributed by atoms with Crippen molar-refractivity contribution in [2.75, 3.05) is 19.6 Å². The number of pyridine rings is 1. The molecule has 0 saturated carbocycles. The van der Waals surface area contributed by atoms with Crippen molar-refractivity contribution in [2.24, 2.45) is 5.92 Å². The smallest absolute Gasteiger partial charge is 0.224 e. The topological polar surface area (TPSA) is 84.2 Å². The normalized spacial score (nSPS) is 22.2. The molecule has 28 heavy (non-hydrogen) atoms. The minimum absolute atomic E-state index is 0.170. The van der Waals surface area contributed by atoms with E-state index in [1.165, 1.54) is 0 Å². The van der Waals surface area contributed by atoms with Crippen molar-refractivity contribution < 1.29 is 9.59 Å². The zero-order valence-corrected chi connectivity index (χ0v) is 16.0. The van der Waals surface area contributed by atoms with Crippen molar-refractivity contribution in [3.05, 3.63) is 42.7 Å². The third-order valence-corrected chi connectivity index (χ3v) is 5.88. The zero-order valence-electron chi connectivity index (χ0n) is 16.0. The van der Waals surface area contributed by atoms with E-state index >= 15 is 0 Å². The van der Waals surface area contributed by atoms with Gasteiger partial charge in [-0.15, -0.1) is 10.2 Å². The highest BCUT2D eigenvalue weighted by Crippen LogP contribution is 2.31. The monoisotopic (exact) mass is 382 g/mol. The first-order valence-corrected chi connectivity index (χ1v) is 10.0. The lowest BCUT2D eigenvalue weighted by atomic mass is 9.83. The van der Waals surface area contributed by atoms with Gasteiger partial charge in [-0.2, -0.15) is 0 Å². The summed E-state index contributed by atoms with van der Waals surface area (Å²) in [5.41, 5.74) is 1.01. The largest absolute Gasteiger partial charge is 0.342 e. The summed E-state index contributed by atoms with van der Waals surface area (Å²) < 4.78 is 1.82. The summed E-state index contributed by atoms with van der Waals surface area (Å²) in [4.78, 5) is 33.5. The molecule has 2 aromatic heterocycles. The van der Waals surface area contributed by atoms with Crippen LogP contribution in [0.5, 0.6) is 0 Å². The van der Waals surface area contributed by atoms with Gasteiger partial charge in [-0.1, -0.05) is 6.07 Å². The molecule has 0 unspecified atom stereocenters. The molecule has 2 atom stereocenters. The number of carbonyl (C=O) groups excluding carboxylic acids is 2. The standard InChI is InChI=1S/C20H26N6O2/c27-19(8-10-24-14-22-23-15-24)25-11-7-18-16(13-25)4-5-20(28)26(18)12-6-17-3-1-2-9-21-17/h1-3,9,14-16,18H,4-8,10-13H2/t16-,18+/m1/s1. The lowest BCUT2D eigenvalue weighted by Crippen LogP contribution is -2.57. The molecule has 2 aliphatic heterocycles. The number of aryl methyl sites for hydroxylation is 1. The van der Waals surface area contributed by atoms with Crippen LogP contribution in [-0.4, -0.2) is 67.0 Å². The van der Waals surface area contributed by atoms with Gasteiger partial charge in [0.15, 0.2) is 0 Å². The molecule has 2 amide bonds. The quantitative estimate of drug-likeness (QED) is 0.748. The second-order valence-electron chi connectivity index (χ2n) is 7.60. The number of nitrogens with zero attached hydrogens (tertiary/aromatic N) is 6. The molecule has 0 radical (unpaired) electrons. The molecule has 0 bridgehead atoms. The minimum Gasteiger partial charge on any atom is -0.342 e. The first kappa shape index (κ1) is 18.6. The number of fused-ring (bicyclic) bond motifs is 1. The van der Waals surface area contributed by atoms with Gasteiger partial charge in [0.2, 0.25) is 11.8 Å². The molecule has 2 saturated heterocycles. The molecule has 8 heteroatoms. The van der Waals surface area contributed by atoms with Gasteiger partial charge in [-0.05, 0) is 30.9 Å². The number of amides is 2. The van der Waals surface area contributed by atoms with E-state index in [1.807, 2.05) is 32.6 Å². The van der Waals surface area contributed by atoms with Crippen LogP contribution in [0.3, 0.4) is 0 Å². The van der Waals surface area contributed by atoms with E-state index in [9.17, 15) is 9.59 Å². The van der Waals surface area contributed by atoms with Crippen molar-refractivity contribution in [1.29, 1.82) is 0 Å². The molecule has 0 aromatic carbocycles. The van der Waals surface area contributed by atoms with Gasteiger partial charge in [-0.25, -0.2) is 0 Å². The average Bonchev–Trinajstić information content (AvgIpc) is 3.25. The summed E-state index contributed by atoms with van der Waals surface area (Å²) in [5, 5.41) is 7.53. The van der Waals surface area contributed by atoms with Crippen molar-refractivity contribution in [2.45, 2.75) is 44.7 Å². The summed E-state index contributed by atoms with van der Waals surface area (Å²) in [6.45, 7) is 2.78. The van der Waals surface area contributed by atoms with Crippen LogP contribution in [0, 0.1) is 5.92 Å². The van der Waals surface area contributed by atoms with Crippen LogP contribution in [0.4, 0.5) is 0 Å². The van der Waals surface area contributed by atoms with Crippen LogP contribution >= 0.6 is 0 Å². The van der Waals surface area contributed by atoms with Crippen LogP contribution in [0.2, 0.25) is 0 Å². The number of hydrogen-bond acceptors (Lipinski definition) is 5. The van der Waals surface area contributed by atoms with Crippen LogP contribution < -0.4 is 0 Å². The lowest BCUT2D eigenvalue weighted by Gasteiger charge is -2.47. The van der Waals surface area contributed by atoms with E-state index in [0.29, 0.717) is 31.8 Å². The Morgan fingerprint density at radius 2 is 2.00 bits per heavy atom. The number of aromatic nitrogens is 4. The van der Waals surface area contributed by atoms with Gasteiger partial charge >= 0.3 is 0 Å². The van der Waals surface area contributed by atoms with E-state index in [2.05, 4.69) is 15.2 Å². The summed E-state index contributed by atoms with van der Waals surface area (Å²) in [6.07, 6.45) is 8.59. The van der Waals surface area contributed by atoms with E-state index in [-0.39, 0.29) is 17.9 Å². The lowest BCUT2D eigenvalue weighted by molar-refractivity contribution is -0.144. The third kappa shape index (κ3) is 4.21. The Bertz CT molecular complexity index is 794. The van der Waals surface area contributed by atoms with E-state index in [1.54, 1.807) is 18.9 Å². The van der Waals surface area contributed by atoms with Gasteiger partial charge in [0.25, 0.3) is 0 Å². The first-order chi connectivity index (χ1) is 13.7. The van der Waals surface area contributed by atoms with Gasteiger partial charge in [0.1, 0.15) is 12.7 Å². The van der Waals surface area contributed by atoms with E-state index < -0.39 is 0 Å². The Morgan fingerprint density at radius 1 is 1.14 bits per heavy atom. The Hall–Kier alpha value is -2.77. The first-order valence-electron chi connectivity index (χ1n) is 10.0. The van der Waals surface area contributed by atoms with Crippen LogP contribution in [-0.2, 0) is 22.6 Å². The molecule has 0 spiro atoms. The number of likely N-dealkylation sites (tertiary alicyclic amines) is 2. The second kappa shape index (κ2) is 8.50. The molecule has 2 aromatic rings. The minimum atomic E-state index is 0.170. The van der Waals surface area contributed by atoms with Crippen molar-refractivity contribution >= 4 is 11.8 Å². The predicted molar refractivity (Wildman–Crippen MR) is 102 cm³/mol. The summed E-state index contributed by atoms with van der Waals surface area (Å²) in [7, 11) is 0. The highest BCUT2D eigenvalue weighted by atomic mass is 16.2. The molecule has 8 nitrogen and oxygen atoms in total. The Labute approximate surface area is 164 Å². The summed E-state index contributed by atoms with van der Waals surface area (Å²) in [6, 6.07) is 6.13. The summed E-state index contributed by atoms with van der Waals surface area (Å²) >= 11 is 0. The molecule has 2 aliphatic rings. The Kier molecular flexibility index (Phi) is 5.64. The van der Waals surface area contributed by atoms with Gasteiger partial charge < -0.3 is 14.4 Å². The van der Waals surface area contributed by atoms with Crippen LogP contribution in [0.15, 0.2) is 37.1 Å². The highest BCUT2D eigenvalue weighted by Gasteiger charge is 2.39. The molecular weight excluding hydrogens is 356 g/mol. The maximum Gasteiger partial charge on any atom is 0.224 e. The van der Waals surface area contributed by atoms with Crippen molar-refractivity contribution in [3.8, 4) is 0 Å². The Balaban J connectivity index is 1.32. The van der Waals surface area contributed by atoms with Gasteiger partial charge in [-0.3, -0.25) is 14.6 Å². The Morgan fingerprint density at radius 3 is 2.79 bits per heavy atom. The van der Waals surface area contributed by atoms with Crippen molar-refractivity contribution in [1.82, 2.24) is 29.5 Å².